The SMILES string of the molecule is CC(=O)NC[C@H]1CN(c2ccc(N3CCN(C(=O)CO)CC3)c(F)c2)C(=O)O1.CC(=O)NC[C@H]1CN(c2ccc(N3CCN(C(=O)CO)CC3)c(F)c2)C(=O)O1.O.O.O. The summed E-state index contributed by atoms with van der Waals surface area (Å²) in [6.45, 7) is 5.98. The molecule has 4 aliphatic heterocycles. The van der Waals surface area contributed by atoms with E-state index in [4.69, 9.17) is 19.7 Å². The van der Waals surface area contributed by atoms with Gasteiger partial charge in [-0.05, 0) is 36.4 Å². The van der Waals surface area contributed by atoms with Gasteiger partial charge in [-0.25, -0.2) is 18.4 Å². The van der Waals surface area contributed by atoms with Crippen LogP contribution in [0.5, 0.6) is 0 Å². The molecule has 0 aliphatic carbocycles. The van der Waals surface area contributed by atoms with E-state index in [1.165, 1.54) is 45.6 Å². The maximum Gasteiger partial charge on any atom is 0.414 e. The summed E-state index contributed by atoms with van der Waals surface area (Å²) in [5.41, 5.74) is 1.54. The summed E-state index contributed by atoms with van der Waals surface area (Å²) in [5, 5.41) is 23.0. The molecule has 10 N–H and O–H groups in total. The molecular weight excluding hydrogens is 790 g/mol. The van der Waals surface area contributed by atoms with E-state index in [1.807, 2.05) is 9.80 Å². The molecule has 4 fully saturated rings. The third kappa shape index (κ3) is 12.6. The van der Waals surface area contributed by atoms with Gasteiger partial charge in [0.2, 0.25) is 23.6 Å². The molecular formula is C36H52F2N8O13. The predicted molar refractivity (Wildman–Crippen MR) is 208 cm³/mol. The minimum atomic E-state index is -0.585. The van der Waals surface area contributed by atoms with Gasteiger partial charge in [0, 0.05) is 66.2 Å². The zero-order valence-electron chi connectivity index (χ0n) is 32.6. The highest BCUT2D eigenvalue weighted by molar-refractivity contribution is 5.91. The Labute approximate surface area is 337 Å². The van der Waals surface area contributed by atoms with E-state index in [1.54, 1.807) is 24.3 Å². The van der Waals surface area contributed by atoms with Crippen molar-refractivity contribution in [1.29, 1.82) is 0 Å². The third-order valence-electron chi connectivity index (χ3n) is 9.61. The van der Waals surface area contributed by atoms with E-state index in [0.717, 1.165) is 0 Å². The Morgan fingerprint density at radius 1 is 0.627 bits per heavy atom. The Morgan fingerprint density at radius 2 is 0.966 bits per heavy atom. The second-order valence-corrected chi connectivity index (χ2v) is 13.4. The molecule has 2 atom stereocenters. The first-order valence-corrected chi connectivity index (χ1v) is 18.1. The first-order valence-electron chi connectivity index (χ1n) is 18.1. The summed E-state index contributed by atoms with van der Waals surface area (Å²) in [5.74, 6) is -2.06. The first kappa shape index (κ1) is 49.3. The van der Waals surface area contributed by atoms with Crippen LogP contribution in [0.25, 0.3) is 0 Å². The van der Waals surface area contributed by atoms with Crippen LogP contribution in [0.3, 0.4) is 0 Å². The van der Waals surface area contributed by atoms with E-state index < -0.39 is 49.2 Å². The number of halogens is 2. The van der Waals surface area contributed by atoms with E-state index in [2.05, 4.69) is 10.6 Å². The smallest absolute Gasteiger partial charge is 0.414 e. The molecule has 2 aromatic carbocycles. The molecule has 0 spiro atoms. The summed E-state index contributed by atoms with van der Waals surface area (Å²) in [6.07, 6.45) is -2.15. The maximum absolute atomic E-state index is 14.7. The van der Waals surface area contributed by atoms with Crippen LogP contribution in [0.1, 0.15) is 13.8 Å². The number of anilines is 4. The van der Waals surface area contributed by atoms with Crippen LogP contribution in [-0.4, -0.2) is 176 Å². The Hall–Kier alpha value is -5.88. The van der Waals surface area contributed by atoms with Crippen LogP contribution >= 0.6 is 0 Å². The fourth-order valence-corrected chi connectivity index (χ4v) is 6.63. The van der Waals surface area contributed by atoms with Crippen LogP contribution in [0, 0.1) is 11.6 Å². The van der Waals surface area contributed by atoms with Crippen LogP contribution in [0.15, 0.2) is 36.4 Å². The Balaban J connectivity index is 0.000000387. The van der Waals surface area contributed by atoms with E-state index in [-0.39, 0.29) is 66.2 Å². The number of nitrogens with zero attached hydrogens (tertiary/aromatic N) is 6. The maximum atomic E-state index is 14.7. The van der Waals surface area contributed by atoms with Crippen molar-refractivity contribution >= 4 is 58.6 Å². The van der Waals surface area contributed by atoms with E-state index in [9.17, 15) is 37.5 Å². The second-order valence-electron chi connectivity index (χ2n) is 13.4. The van der Waals surface area contributed by atoms with Crippen molar-refractivity contribution in [2.75, 3.05) is 111 Å². The predicted octanol–water partition coefficient (Wildman–Crippen LogP) is -2.62. The lowest BCUT2D eigenvalue weighted by molar-refractivity contribution is -0.135. The third-order valence-corrected chi connectivity index (χ3v) is 9.61. The van der Waals surface area contributed by atoms with Crippen molar-refractivity contribution in [3.63, 3.8) is 0 Å². The average molecular weight is 843 g/mol. The largest absolute Gasteiger partial charge is 0.442 e. The molecule has 6 rings (SSSR count). The highest BCUT2D eigenvalue weighted by Gasteiger charge is 2.34. The number of ether oxygens (including phenoxy) is 2. The highest BCUT2D eigenvalue weighted by atomic mass is 19.1. The van der Waals surface area contributed by atoms with Crippen molar-refractivity contribution in [3.8, 4) is 0 Å². The minimum absolute atomic E-state index is 0. The number of benzene rings is 2. The fourth-order valence-electron chi connectivity index (χ4n) is 6.63. The van der Waals surface area contributed by atoms with Crippen LogP contribution in [0.4, 0.5) is 41.1 Å². The molecule has 4 heterocycles. The summed E-state index contributed by atoms with van der Waals surface area (Å²) in [7, 11) is 0. The van der Waals surface area contributed by atoms with Crippen molar-refractivity contribution in [2.24, 2.45) is 0 Å². The highest BCUT2D eigenvalue weighted by Crippen LogP contribution is 2.30. The van der Waals surface area contributed by atoms with Crippen molar-refractivity contribution < 1.29 is 73.7 Å². The Bertz CT molecular complexity index is 1670. The van der Waals surface area contributed by atoms with Gasteiger partial charge in [-0.2, -0.15) is 0 Å². The molecule has 0 radical (unpaired) electrons. The molecule has 23 heteroatoms. The molecule has 59 heavy (non-hydrogen) atoms. The van der Waals surface area contributed by atoms with Gasteiger partial charge in [-0.15, -0.1) is 0 Å². The molecule has 0 aromatic heterocycles. The molecule has 6 amide bonds. The van der Waals surface area contributed by atoms with Gasteiger partial charge < -0.3 is 66.3 Å². The zero-order chi connectivity index (χ0) is 40.5. The summed E-state index contributed by atoms with van der Waals surface area (Å²) >= 11 is 0. The lowest BCUT2D eigenvalue weighted by atomic mass is 10.2. The number of aliphatic hydroxyl groups is 2. The van der Waals surface area contributed by atoms with Crippen molar-refractivity contribution in [2.45, 2.75) is 26.1 Å². The lowest BCUT2D eigenvalue weighted by Gasteiger charge is -2.36. The van der Waals surface area contributed by atoms with E-state index in [0.29, 0.717) is 75.1 Å². The molecule has 2 aromatic rings. The number of aliphatic hydroxyl groups excluding tert-OH is 2. The van der Waals surface area contributed by atoms with Crippen LogP contribution < -0.4 is 30.2 Å². The van der Waals surface area contributed by atoms with Crippen LogP contribution in [-0.2, 0) is 28.7 Å². The summed E-state index contributed by atoms with van der Waals surface area (Å²) in [6, 6.07) is 9.05. The van der Waals surface area contributed by atoms with Crippen molar-refractivity contribution in [1.82, 2.24) is 20.4 Å². The number of piperazine rings is 2. The average Bonchev–Trinajstić information content (AvgIpc) is 3.77. The number of carbonyl (C=O) groups excluding carboxylic acids is 6. The molecule has 328 valence electrons. The number of hydrogen-bond donors (Lipinski definition) is 4. The van der Waals surface area contributed by atoms with Gasteiger partial charge >= 0.3 is 12.2 Å². The zero-order valence-corrected chi connectivity index (χ0v) is 32.6. The Kier molecular flexibility index (Phi) is 18.6. The number of amides is 6. The topological polar surface area (TPSA) is 299 Å². The molecule has 0 saturated carbocycles. The number of hydrogen-bond acceptors (Lipinski definition) is 12. The molecule has 4 aliphatic rings. The summed E-state index contributed by atoms with van der Waals surface area (Å²) in [4.78, 5) is 78.5. The standard InChI is InChI=1S/2C18H23FN4O5.3H2O/c2*1-12(25)20-9-14-10-23(18(27)28-14)13-2-3-16(15(19)8-13)21-4-6-22(7-5-21)17(26)11-24;;;/h2*2-3,8,14,24H,4-7,9-11H2,1H3,(H,20,25);3*1H2/t2*14-;;;/m00.../s1. The van der Waals surface area contributed by atoms with Gasteiger partial charge in [-0.1, -0.05) is 0 Å². The molecule has 0 unspecified atom stereocenters. The first-order chi connectivity index (χ1) is 26.8. The fraction of sp³-hybridized carbons (Fsp3) is 0.500. The number of cyclic esters (lactones) is 2. The van der Waals surface area contributed by atoms with Gasteiger partial charge in [-0.3, -0.25) is 29.0 Å². The van der Waals surface area contributed by atoms with Gasteiger partial charge in [0.05, 0.1) is 48.9 Å². The monoisotopic (exact) mass is 842 g/mol. The normalized spacial score (nSPS) is 18.6. The molecule has 21 nitrogen and oxygen atoms in total. The van der Waals surface area contributed by atoms with E-state index >= 15 is 0 Å². The lowest BCUT2D eigenvalue weighted by Crippen LogP contribution is -2.49. The minimum Gasteiger partial charge on any atom is -0.442 e. The quantitative estimate of drug-likeness (QED) is 0.191. The number of carbonyl (C=O) groups is 6. The van der Waals surface area contributed by atoms with Gasteiger partial charge in [0.1, 0.15) is 37.1 Å². The Morgan fingerprint density at radius 3 is 1.25 bits per heavy atom. The second kappa shape index (κ2) is 22.3. The molecule has 0 bridgehead atoms. The van der Waals surface area contributed by atoms with Gasteiger partial charge in [0.15, 0.2) is 0 Å². The van der Waals surface area contributed by atoms with Crippen molar-refractivity contribution in [3.05, 3.63) is 48.0 Å². The van der Waals surface area contributed by atoms with Gasteiger partial charge in [0.25, 0.3) is 0 Å². The molecule has 4 saturated heterocycles. The number of rotatable bonds is 10. The summed E-state index contributed by atoms with van der Waals surface area (Å²) < 4.78 is 39.8. The van der Waals surface area contributed by atoms with Crippen LogP contribution in [0.2, 0.25) is 0 Å². The number of nitrogens with one attached hydrogen (secondary N) is 2.